The van der Waals surface area contributed by atoms with E-state index in [2.05, 4.69) is 51.8 Å². The van der Waals surface area contributed by atoms with Crippen molar-refractivity contribution in [3.05, 3.63) is 60.0 Å². The molecule has 28 heavy (non-hydrogen) atoms. The Morgan fingerprint density at radius 3 is 2.68 bits per heavy atom. The summed E-state index contributed by atoms with van der Waals surface area (Å²) >= 11 is 0. The lowest BCUT2D eigenvalue weighted by atomic mass is 10.2. The highest BCUT2D eigenvalue weighted by atomic mass is 16.5. The van der Waals surface area contributed by atoms with Crippen LogP contribution < -0.4 is 15.4 Å². The smallest absolute Gasteiger partial charge is 0.191 e. The molecule has 0 fully saturated rings. The van der Waals surface area contributed by atoms with Gasteiger partial charge < -0.3 is 15.4 Å². The molecule has 0 atom stereocenters. The fourth-order valence-electron chi connectivity index (χ4n) is 2.64. The average Bonchev–Trinajstić information content (AvgIpc) is 3.12. The van der Waals surface area contributed by atoms with E-state index in [1.165, 1.54) is 0 Å². The van der Waals surface area contributed by atoms with Crippen LogP contribution in [0.4, 0.5) is 0 Å². The number of hydrogen-bond donors (Lipinski definition) is 2. The third-order valence-electron chi connectivity index (χ3n) is 4.07. The minimum absolute atomic E-state index is 0.514. The van der Waals surface area contributed by atoms with E-state index < -0.39 is 0 Å². The zero-order valence-electron chi connectivity index (χ0n) is 16.7. The number of nitrogens with zero attached hydrogens (tertiary/aromatic N) is 4. The molecule has 3 aromatic rings. The predicted molar refractivity (Wildman–Crippen MR) is 111 cm³/mol. The summed E-state index contributed by atoms with van der Waals surface area (Å²) < 4.78 is 7.69. The molecule has 0 unspecified atom stereocenters. The standard InChI is InChI=1S/C21H28N6O/c1-4-22-21(24-14-20-26-25-19-7-5-6-12-27(19)20)23-13-17-8-10-18(11-9-17)28-15-16(2)3/h5-12,16H,4,13-15H2,1-3H3,(H2,22,23,24). The lowest BCUT2D eigenvalue weighted by Crippen LogP contribution is -2.37. The van der Waals surface area contributed by atoms with Gasteiger partial charge in [0.15, 0.2) is 17.4 Å². The van der Waals surface area contributed by atoms with E-state index in [1.54, 1.807) is 0 Å². The van der Waals surface area contributed by atoms with Crippen molar-refractivity contribution in [2.75, 3.05) is 13.2 Å². The van der Waals surface area contributed by atoms with E-state index in [4.69, 9.17) is 4.74 Å². The second-order valence-electron chi connectivity index (χ2n) is 6.94. The van der Waals surface area contributed by atoms with Crippen LogP contribution in [0.5, 0.6) is 5.75 Å². The van der Waals surface area contributed by atoms with Crippen molar-refractivity contribution < 1.29 is 4.74 Å². The van der Waals surface area contributed by atoms with Crippen LogP contribution in [0.15, 0.2) is 53.7 Å². The quantitative estimate of drug-likeness (QED) is 0.464. The molecule has 0 saturated carbocycles. The molecule has 2 heterocycles. The second-order valence-corrected chi connectivity index (χ2v) is 6.94. The third-order valence-corrected chi connectivity index (χ3v) is 4.07. The van der Waals surface area contributed by atoms with Gasteiger partial charge in [0.2, 0.25) is 0 Å². The maximum atomic E-state index is 5.73. The summed E-state index contributed by atoms with van der Waals surface area (Å²) in [5.74, 6) is 2.99. The lowest BCUT2D eigenvalue weighted by molar-refractivity contribution is 0.271. The van der Waals surface area contributed by atoms with Gasteiger partial charge in [0.25, 0.3) is 0 Å². The summed E-state index contributed by atoms with van der Waals surface area (Å²) in [4.78, 5) is 4.66. The van der Waals surface area contributed by atoms with Crippen LogP contribution in [0.3, 0.4) is 0 Å². The summed E-state index contributed by atoms with van der Waals surface area (Å²) in [6.45, 7) is 8.96. The van der Waals surface area contributed by atoms with Gasteiger partial charge in [-0.25, -0.2) is 4.99 Å². The number of nitrogens with one attached hydrogen (secondary N) is 2. The van der Waals surface area contributed by atoms with Crippen LogP contribution in [0.1, 0.15) is 32.2 Å². The topological polar surface area (TPSA) is 75.8 Å². The summed E-state index contributed by atoms with van der Waals surface area (Å²) in [5, 5.41) is 15.0. The third kappa shape index (κ3) is 5.45. The molecule has 0 aliphatic heterocycles. The van der Waals surface area contributed by atoms with Crippen molar-refractivity contribution in [2.45, 2.75) is 33.9 Å². The molecule has 0 bridgehead atoms. The molecule has 0 aliphatic carbocycles. The van der Waals surface area contributed by atoms with Crippen molar-refractivity contribution >= 4 is 11.6 Å². The van der Waals surface area contributed by atoms with Gasteiger partial charge in [-0.1, -0.05) is 32.0 Å². The van der Waals surface area contributed by atoms with Gasteiger partial charge in [0.05, 0.1) is 19.7 Å². The molecule has 148 valence electrons. The molecule has 0 amide bonds. The molecule has 0 aliphatic rings. The van der Waals surface area contributed by atoms with E-state index in [-0.39, 0.29) is 0 Å². The molecule has 0 spiro atoms. The Labute approximate surface area is 165 Å². The molecule has 3 rings (SSSR count). The molecule has 1 aromatic carbocycles. The zero-order valence-corrected chi connectivity index (χ0v) is 16.7. The van der Waals surface area contributed by atoms with Crippen LogP contribution in [0.2, 0.25) is 0 Å². The summed E-state index contributed by atoms with van der Waals surface area (Å²) in [6.07, 6.45) is 1.96. The number of ether oxygens (including phenoxy) is 1. The number of rotatable bonds is 8. The highest BCUT2D eigenvalue weighted by molar-refractivity contribution is 5.79. The second kappa shape index (κ2) is 9.73. The Bertz CT molecular complexity index is 901. The van der Waals surface area contributed by atoms with E-state index in [0.717, 1.165) is 41.9 Å². The van der Waals surface area contributed by atoms with Crippen molar-refractivity contribution in [2.24, 2.45) is 10.9 Å². The minimum Gasteiger partial charge on any atom is -0.493 e. The average molecular weight is 380 g/mol. The van der Waals surface area contributed by atoms with E-state index in [1.807, 2.05) is 47.9 Å². The number of guanidine groups is 1. The number of benzene rings is 1. The highest BCUT2D eigenvalue weighted by Gasteiger charge is 2.06. The fourth-order valence-corrected chi connectivity index (χ4v) is 2.64. The first kappa shape index (κ1) is 19.7. The van der Waals surface area contributed by atoms with Crippen LogP contribution in [-0.2, 0) is 13.1 Å². The summed E-state index contributed by atoms with van der Waals surface area (Å²) in [7, 11) is 0. The first-order chi connectivity index (χ1) is 13.7. The molecule has 7 nitrogen and oxygen atoms in total. The van der Waals surface area contributed by atoms with Crippen molar-refractivity contribution in [3.8, 4) is 5.75 Å². The lowest BCUT2D eigenvalue weighted by Gasteiger charge is -2.11. The van der Waals surface area contributed by atoms with Crippen LogP contribution in [0.25, 0.3) is 5.65 Å². The summed E-state index contributed by atoms with van der Waals surface area (Å²) in [6, 6.07) is 13.9. The first-order valence-electron chi connectivity index (χ1n) is 9.68. The number of hydrogen-bond acceptors (Lipinski definition) is 4. The van der Waals surface area contributed by atoms with E-state index in [0.29, 0.717) is 19.0 Å². The Morgan fingerprint density at radius 2 is 1.93 bits per heavy atom. The van der Waals surface area contributed by atoms with Crippen molar-refractivity contribution in [1.82, 2.24) is 25.2 Å². The monoisotopic (exact) mass is 380 g/mol. The Morgan fingerprint density at radius 1 is 1.11 bits per heavy atom. The number of aromatic nitrogens is 3. The van der Waals surface area contributed by atoms with E-state index in [9.17, 15) is 0 Å². The highest BCUT2D eigenvalue weighted by Crippen LogP contribution is 2.14. The van der Waals surface area contributed by atoms with Gasteiger partial charge in [0.1, 0.15) is 5.75 Å². The van der Waals surface area contributed by atoms with Gasteiger partial charge in [-0.05, 0) is 42.7 Å². The van der Waals surface area contributed by atoms with Gasteiger partial charge >= 0.3 is 0 Å². The minimum atomic E-state index is 0.514. The van der Waals surface area contributed by atoms with Gasteiger partial charge in [0, 0.05) is 12.7 Å². The number of pyridine rings is 1. The van der Waals surface area contributed by atoms with Crippen LogP contribution in [-0.4, -0.2) is 33.7 Å². The number of fused-ring (bicyclic) bond motifs is 1. The SMILES string of the molecule is CCNC(=NCc1ccc(OCC(C)C)cc1)NCc1nnc2ccccn12. The van der Waals surface area contributed by atoms with Gasteiger partial charge in [-0.3, -0.25) is 4.40 Å². The molecule has 2 N–H and O–H groups in total. The zero-order chi connectivity index (χ0) is 19.8. The Hall–Kier alpha value is -3.09. The maximum Gasteiger partial charge on any atom is 0.191 e. The van der Waals surface area contributed by atoms with Crippen LogP contribution in [0, 0.1) is 5.92 Å². The number of aliphatic imine (C=N–C) groups is 1. The molecule has 7 heteroatoms. The molecule has 0 saturated heterocycles. The Balaban J connectivity index is 1.59. The van der Waals surface area contributed by atoms with Gasteiger partial charge in [-0.2, -0.15) is 0 Å². The normalized spacial score (nSPS) is 11.8. The van der Waals surface area contributed by atoms with Gasteiger partial charge in [-0.15, -0.1) is 10.2 Å². The first-order valence-corrected chi connectivity index (χ1v) is 9.68. The maximum absolute atomic E-state index is 5.73. The van der Waals surface area contributed by atoms with Crippen molar-refractivity contribution in [1.29, 1.82) is 0 Å². The molecular formula is C21H28N6O. The summed E-state index contributed by atoms with van der Waals surface area (Å²) in [5.41, 5.74) is 1.96. The predicted octanol–water partition coefficient (Wildman–Crippen LogP) is 3.02. The molecular weight excluding hydrogens is 352 g/mol. The van der Waals surface area contributed by atoms with E-state index >= 15 is 0 Å². The largest absolute Gasteiger partial charge is 0.493 e. The Kier molecular flexibility index (Phi) is 6.84. The fraction of sp³-hybridized carbons (Fsp3) is 0.381. The van der Waals surface area contributed by atoms with Crippen LogP contribution >= 0.6 is 0 Å². The van der Waals surface area contributed by atoms with Crippen molar-refractivity contribution in [3.63, 3.8) is 0 Å². The molecule has 0 radical (unpaired) electrons. The molecule has 2 aromatic heterocycles.